The van der Waals surface area contributed by atoms with Crippen LogP contribution in [-0.4, -0.2) is 57.7 Å². The number of hydrogen-bond donors (Lipinski definition) is 1. The van der Waals surface area contributed by atoms with Gasteiger partial charge >= 0.3 is 12.2 Å². The fraction of sp³-hybridized carbons (Fsp3) is 0.500. The molecule has 0 saturated carbocycles. The number of alkyl halides is 3. The second-order valence-electron chi connectivity index (χ2n) is 8.17. The predicted octanol–water partition coefficient (Wildman–Crippen LogP) is 4.18. The molecule has 0 aliphatic carbocycles. The summed E-state index contributed by atoms with van der Waals surface area (Å²) >= 11 is 0. The SMILES string of the molecule is CCN1CCCn2nc(C3CCCN(C(=O)Nc4ccccc4C(F)(F)F)C3)cc2C1=O. The first kappa shape index (κ1) is 22.2. The Balaban J connectivity index is 1.49. The maximum atomic E-state index is 13.2. The number of amides is 3. The Morgan fingerprint density at radius 1 is 1.19 bits per heavy atom. The topological polar surface area (TPSA) is 70.5 Å². The quantitative estimate of drug-likeness (QED) is 0.764. The number of urea groups is 1. The molecule has 0 spiro atoms. The van der Waals surface area contributed by atoms with Crippen molar-refractivity contribution in [3.05, 3.63) is 47.3 Å². The highest BCUT2D eigenvalue weighted by Gasteiger charge is 2.35. The molecule has 1 N–H and O–H groups in total. The molecule has 7 nitrogen and oxygen atoms in total. The number of nitrogens with one attached hydrogen (secondary N) is 1. The highest BCUT2D eigenvalue weighted by molar-refractivity contribution is 5.93. The fourth-order valence-electron chi connectivity index (χ4n) is 4.39. The van der Waals surface area contributed by atoms with Gasteiger partial charge in [-0.05, 0) is 44.4 Å². The summed E-state index contributed by atoms with van der Waals surface area (Å²) < 4.78 is 41.5. The van der Waals surface area contributed by atoms with Crippen molar-refractivity contribution in [2.45, 2.75) is 44.8 Å². The lowest BCUT2D eigenvalue weighted by atomic mass is 9.95. The molecule has 1 atom stereocenters. The molecule has 0 bridgehead atoms. The molecular formula is C22H26F3N5O2. The van der Waals surface area contributed by atoms with Crippen LogP contribution in [0, 0.1) is 0 Å². The third kappa shape index (κ3) is 4.44. The van der Waals surface area contributed by atoms with Gasteiger partial charge in [0.1, 0.15) is 5.69 Å². The lowest BCUT2D eigenvalue weighted by Gasteiger charge is -2.32. The van der Waals surface area contributed by atoms with Crippen molar-refractivity contribution in [1.82, 2.24) is 19.6 Å². The summed E-state index contributed by atoms with van der Waals surface area (Å²) in [6, 6.07) is 6.18. The van der Waals surface area contributed by atoms with Gasteiger partial charge in [-0.25, -0.2) is 4.79 Å². The van der Waals surface area contributed by atoms with Gasteiger partial charge in [-0.1, -0.05) is 12.1 Å². The van der Waals surface area contributed by atoms with Gasteiger partial charge in [-0.3, -0.25) is 9.48 Å². The second kappa shape index (κ2) is 8.84. The van der Waals surface area contributed by atoms with Crippen molar-refractivity contribution in [1.29, 1.82) is 0 Å². The molecule has 1 fully saturated rings. The average molecular weight is 449 g/mol. The van der Waals surface area contributed by atoms with E-state index in [1.807, 2.05) is 6.92 Å². The van der Waals surface area contributed by atoms with Crippen LogP contribution in [0.25, 0.3) is 0 Å². The molecule has 3 amide bonds. The molecule has 0 radical (unpaired) electrons. The summed E-state index contributed by atoms with van der Waals surface area (Å²) in [5.41, 5.74) is 0.171. The normalized spacial score (nSPS) is 19.5. The average Bonchev–Trinajstić information content (AvgIpc) is 3.14. The first-order valence-electron chi connectivity index (χ1n) is 10.9. The van der Waals surface area contributed by atoms with E-state index >= 15 is 0 Å². The van der Waals surface area contributed by atoms with Crippen molar-refractivity contribution in [2.24, 2.45) is 0 Å². The molecule has 32 heavy (non-hydrogen) atoms. The van der Waals surface area contributed by atoms with Crippen LogP contribution in [0.4, 0.5) is 23.7 Å². The van der Waals surface area contributed by atoms with E-state index in [4.69, 9.17) is 0 Å². The van der Waals surface area contributed by atoms with Gasteiger partial charge < -0.3 is 15.1 Å². The fourth-order valence-corrected chi connectivity index (χ4v) is 4.39. The van der Waals surface area contributed by atoms with Crippen LogP contribution in [0.3, 0.4) is 0 Å². The number of anilines is 1. The zero-order valence-corrected chi connectivity index (χ0v) is 17.9. The lowest BCUT2D eigenvalue weighted by Crippen LogP contribution is -2.42. The highest BCUT2D eigenvalue weighted by Crippen LogP contribution is 2.35. The van der Waals surface area contributed by atoms with Gasteiger partial charge in [0.2, 0.25) is 0 Å². The van der Waals surface area contributed by atoms with Crippen molar-refractivity contribution in [2.75, 3.05) is 31.5 Å². The van der Waals surface area contributed by atoms with Gasteiger partial charge in [-0.2, -0.15) is 18.3 Å². The van der Waals surface area contributed by atoms with Crippen LogP contribution in [0.2, 0.25) is 0 Å². The zero-order chi connectivity index (χ0) is 22.9. The number of likely N-dealkylation sites (tertiary alicyclic amines) is 1. The monoisotopic (exact) mass is 449 g/mol. The smallest absolute Gasteiger partial charge is 0.338 e. The molecule has 1 saturated heterocycles. The summed E-state index contributed by atoms with van der Waals surface area (Å²) in [4.78, 5) is 28.8. The summed E-state index contributed by atoms with van der Waals surface area (Å²) in [6.45, 7) is 4.72. The molecule has 2 aliphatic rings. The van der Waals surface area contributed by atoms with E-state index in [0.717, 1.165) is 24.6 Å². The van der Waals surface area contributed by atoms with Crippen LogP contribution in [0.1, 0.15) is 53.8 Å². The second-order valence-corrected chi connectivity index (χ2v) is 8.17. The number of benzene rings is 1. The first-order chi connectivity index (χ1) is 15.3. The lowest BCUT2D eigenvalue weighted by molar-refractivity contribution is -0.136. The summed E-state index contributed by atoms with van der Waals surface area (Å²) in [7, 11) is 0. The van der Waals surface area contributed by atoms with E-state index in [0.29, 0.717) is 44.8 Å². The third-order valence-corrected chi connectivity index (χ3v) is 6.09. The van der Waals surface area contributed by atoms with E-state index in [2.05, 4.69) is 10.4 Å². The van der Waals surface area contributed by atoms with E-state index in [9.17, 15) is 22.8 Å². The number of halogens is 3. The number of aryl methyl sites for hydroxylation is 1. The van der Waals surface area contributed by atoms with Gasteiger partial charge in [0.05, 0.1) is 16.9 Å². The maximum absolute atomic E-state index is 13.2. The van der Waals surface area contributed by atoms with E-state index in [-0.39, 0.29) is 17.5 Å². The largest absolute Gasteiger partial charge is 0.418 e. The molecule has 1 unspecified atom stereocenters. The van der Waals surface area contributed by atoms with Gasteiger partial charge in [0.25, 0.3) is 5.91 Å². The molecular weight excluding hydrogens is 423 g/mol. The summed E-state index contributed by atoms with van der Waals surface area (Å²) in [5.74, 6) is -0.118. The number of piperidine rings is 1. The number of aromatic nitrogens is 2. The number of hydrogen-bond acceptors (Lipinski definition) is 3. The van der Waals surface area contributed by atoms with Crippen LogP contribution in [0.5, 0.6) is 0 Å². The Morgan fingerprint density at radius 2 is 1.97 bits per heavy atom. The van der Waals surface area contributed by atoms with Gasteiger partial charge in [0.15, 0.2) is 0 Å². The molecule has 2 aliphatic heterocycles. The standard InChI is InChI=1S/C22H26F3N5O2/c1-2-28-11-6-12-30-19(20(28)31)13-18(27-30)15-7-5-10-29(14-15)21(32)26-17-9-4-3-8-16(17)22(23,24)25/h3-4,8-9,13,15H,2,5-7,10-12,14H2,1H3,(H,26,32). The Labute approximate surface area is 184 Å². The van der Waals surface area contributed by atoms with Crippen molar-refractivity contribution < 1.29 is 22.8 Å². The van der Waals surface area contributed by atoms with E-state index in [1.54, 1.807) is 15.6 Å². The molecule has 4 rings (SSSR count). The van der Waals surface area contributed by atoms with Crippen LogP contribution < -0.4 is 5.32 Å². The minimum atomic E-state index is -4.55. The minimum Gasteiger partial charge on any atom is -0.338 e. The molecule has 1 aromatic carbocycles. The first-order valence-corrected chi connectivity index (χ1v) is 10.9. The van der Waals surface area contributed by atoms with Crippen LogP contribution in [0.15, 0.2) is 30.3 Å². The third-order valence-electron chi connectivity index (χ3n) is 6.09. The maximum Gasteiger partial charge on any atom is 0.418 e. The molecule has 1 aromatic heterocycles. The Morgan fingerprint density at radius 3 is 2.72 bits per heavy atom. The van der Waals surface area contributed by atoms with E-state index < -0.39 is 17.8 Å². The van der Waals surface area contributed by atoms with Crippen molar-refractivity contribution in [3.8, 4) is 0 Å². The number of para-hydroxylation sites is 1. The Kier molecular flexibility index (Phi) is 6.12. The van der Waals surface area contributed by atoms with Crippen LogP contribution >= 0.6 is 0 Å². The predicted molar refractivity (Wildman–Crippen MR) is 112 cm³/mol. The van der Waals surface area contributed by atoms with Crippen molar-refractivity contribution >= 4 is 17.6 Å². The number of carbonyl (C=O) groups excluding carboxylic acids is 2. The molecule has 2 aromatic rings. The van der Waals surface area contributed by atoms with Crippen LogP contribution in [-0.2, 0) is 12.7 Å². The Hall–Kier alpha value is -3.04. The molecule has 10 heteroatoms. The minimum absolute atomic E-state index is 0.0436. The van der Waals surface area contributed by atoms with Crippen molar-refractivity contribution in [3.63, 3.8) is 0 Å². The van der Waals surface area contributed by atoms with Gasteiger partial charge in [0, 0.05) is 38.6 Å². The number of fused-ring (bicyclic) bond motifs is 1. The van der Waals surface area contributed by atoms with E-state index in [1.165, 1.54) is 23.1 Å². The highest BCUT2D eigenvalue weighted by atomic mass is 19.4. The molecule has 3 heterocycles. The summed E-state index contributed by atoms with van der Waals surface area (Å²) in [6.07, 6.45) is -2.23. The van der Waals surface area contributed by atoms with Gasteiger partial charge in [-0.15, -0.1) is 0 Å². The number of rotatable bonds is 3. The number of nitrogens with zero attached hydrogens (tertiary/aromatic N) is 4. The number of carbonyl (C=O) groups is 2. The zero-order valence-electron chi connectivity index (χ0n) is 17.9. The summed E-state index contributed by atoms with van der Waals surface area (Å²) in [5, 5.41) is 7.06. The molecule has 172 valence electrons. The Bertz CT molecular complexity index is 1000.